The van der Waals surface area contributed by atoms with E-state index in [1.54, 1.807) is 12.1 Å². The first-order valence-electron chi connectivity index (χ1n) is 6.54. The molecular weight excluding hydrogens is 316 g/mol. The van der Waals surface area contributed by atoms with Gasteiger partial charge in [-0.1, -0.05) is 46.3 Å². The van der Waals surface area contributed by atoms with Crippen LogP contribution in [0.2, 0.25) is 0 Å². The Bertz CT molecular complexity index is 584. The Morgan fingerprint density at radius 1 is 1.15 bits per heavy atom. The third kappa shape index (κ3) is 4.38. The number of nitrogen functional groups attached to an aromatic ring is 1. The maximum absolute atomic E-state index is 11.9. The lowest BCUT2D eigenvalue weighted by Crippen LogP contribution is -2.12. The van der Waals surface area contributed by atoms with Crippen molar-refractivity contribution < 1.29 is 4.79 Å². The molecule has 0 atom stereocenters. The number of carbonyl (C=O) groups is 1. The standard InChI is InChI=1S/C16H17BrN2O/c17-13-9-10-15(14(18)11-13)19-16(20)8-4-7-12-5-2-1-3-6-12/h1-3,5-6,9-11H,4,7-8,18H2,(H,19,20). The number of amides is 1. The van der Waals surface area contributed by atoms with Crippen LogP contribution in [0.15, 0.2) is 53.0 Å². The third-order valence-corrected chi connectivity index (χ3v) is 3.49. The Morgan fingerprint density at radius 3 is 2.60 bits per heavy atom. The molecular formula is C16H17BrN2O. The summed E-state index contributed by atoms with van der Waals surface area (Å²) in [7, 11) is 0. The summed E-state index contributed by atoms with van der Waals surface area (Å²) in [6.45, 7) is 0. The van der Waals surface area contributed by atoms with Gasteiger partial charge in [0.05, 0.1) is 11.4 Å². The molecule has 3 nitrogen and oxygen atoms in total. The third-order valence-electron chi connectivity index (χ3n) is 3.00. The van der Waals surface area contributed by atoms with Crippen molar-refractivity contribution in [2.45, 2.75) is 19.3 Å². The van der Waals surface area contributed by atoms with E-state index in [-0.39, 0.29) is 5.91 Å². The van der Waals surface area contributed by atoms with Crippen LogP contribution in [-0.2, 0) is 11.2 Å². The summed E-state index contributed by atoms with van der Waals surface area (Å²) in [6.07, 6.45) is 2.22. The molecule has 0 unspecified atom stereocenters. The summed E-state index contributed by atoms with van der Waals surface area (Å²) in [5.74, 6) is -0.00467. The summed E-state index contributed by atoms with van der Waals surface area (Å²) >= 11 is 3.34. The van der Waals surface area contributed by atoms with E-state index in [0.29, 0.717) is 17.8 Å². The van der Waals surface area contributed by atoms with Gasteiger partial charge in [-0.15, -0.1) is 0 Å². The molecule has 2 aromatic carbocycles. The fourth-order valence-corrected chi connectivity index (χ4v) is 2.34. The van der Waals surface area contributed by atoms with E-state index in [1.165, 1.54) is 5.56 Å². The molecule has 0 aliphatic rings. The van der Waals surface area contributed by atoms with Gasteiger partial charge in [0, 0.05) is 10.9 Å². The monoisotopic (exact) mass is 332 g/mol. The number of halogens is 1. The summed E-state index contributed by atoms with van der Waals surface area (Å²) in [4.78, 5) is 11.9. The van der Waals surface area contributed by atoms with Gasteiger partial charge in [0.2, 0.25) is 5.91 Å². The highest BCUT2D eigenvalue weighted by atomic mass is 79.9. The fourth-order valence-electron chi connectivity index (χ4n) is 1.96. The van der Waals surface area contributed by atoms with Crippen LogP contribution in [0.3, 0.4) is 0 Å². The number of hydrogen-bond donors (Lipinski definition) is 2. The number of hydrogen-bond acceptors (Lipinski definition) is 2. The van der Waals surface area contributed by atoms with Gasteiger partial charge in [0.25, 0.3) is 0 Å². The molecule has 20 heavy (non-hydrogen) atoms. The molecule has 0 bridgehead atoms. The molecule has 0 saturated carbocycles. The van der Waals surface area contributed by atoms with Crippen LogP contribution >= 0.6 is 15.9 Å². The van der Waals surface area contributed by atoms with E-state index in [4.69, 9.17) is 5.73 Å². The van der Waals surface area contributed by atoms with Gasteiger partial charge in [-0.2, -0.15) is 0 Å². The van der Waals surface area contributed by atoms with Crippen LogP contribution < -0.4 is 11.1 Å². The lowest BCUT2D eigenvalue weighted by atomic mass is 10.1. The van der Waals surface area contributed by atoms with Crippen molar-refractivity contribution in [3.05, 3.63) is 58.6 Å². The Morgan fingerprint density at radius 2 is 1.90 bits per heavy atom. The summed E-state index contributed by atoms with van der Waals surface area (Å²) in [6, 6.07) is 15.6. The minimum Gasteiger partial charge on any atom is -0.397 e. The van der Waals surface area contributed by atoms with Crippen LogP contribution in [0.1, 0.15) is 18.4 Å². The Kier molecular flexibility index (Phi) is 5.18. The van der Waals surface area contributed by atoms with Crippen LogP contribution in [0.5, 0.6) is 0 Å². The van der Waals surface area contributed by atoms with Crippen molar-refractivity contribution in [2.24, 2.45) is 0 Å². The van der Waals surface area contributed by atoms with Gasteiger partial charge in [-0.3, -0.25) is 4.79 Å². The molecule has 0 aliphatic heterocycles. The molecule has 2 aromatic rings. The van der Waals surface area contributed by atoms with Crippen molar-refractivity contribution >= 4 is 33.2 Å². The van der Waals surface area contributed by atoms with E-state index >= 15 is 0 Å². The minimum absolute atomic E-state index is 0.00467. The van der Waals surface area contributed by atoms with Gasteiger partial charge in [-0.25, -0.2) is 0 Å². The first kappa shape index (κ1) is 14.6. The van der Waals surface area contributed by atoms with Gasteiger partial charge < -0.3 is 11.1 Å². The van der Waals surface area contributed by atoms with Crippen LogP contribution in [0, 0.1) is 0 Å². The maximum atomic E-state index is 11.9. The summed E-state index contributed by atoms with van der Waals surface area (Å²) in [5.41, 5.74) is 8.33. The zero-order valence-corrected chi connectivity index (χ0v) is 12.7. The first-order chi connectivity index (χ1) is 9.65. The zero-order valence-electron chi connectivity index (χ0n) is 11.1. The van der Waals surface area contributed by atoms with Gasteiger partial charge in [0.15, 0.2) is 0 Å². The average molecular weight is 333 g/mol. The SMILES string of the molecule is Nc1cc(Br)ccc1NC(=O)CCCc1ccccc1. The normalized spacial score (nSPS) is 10.2. The van der Waals surface area contributed by atoms with E-state index < -0.39 is 0 Å². The molecule has 104 valence electrons. The second kappa shape index (κ2) is 7.10. The predicted octanol–water partition coefficient (Wildman–Crippen LogP) is 3.99. The number of aryl methyl sites for hydroxylation is 1. The van der Waals surface area contributed by atoms with Crippen molar-refractivity contribution in [1.29, 1.82) is 0 Å². The van der Waals surface area contributed by atoms with E-state index in [0.717, 1.165) is 17.3 Å². The van der Waals surface area contributed by atoms with Crippen molar-refractivity contribution in [2.75, 3.05) is 11.1 Å². The van der Waals surface area contributed by atoms with Crippen LogP contribution in [0.25, 0.3) is 0 Å². The Hall–Kier alpha value is -1.81. The zero-order chi connectivity index (χ0) is 14.4. The lowest BCUT2D eigenvalue weighted by molar-refractivity contribution is -0.116. The molecule has 0 spiro atoms. The number of rotatable bonds is 5. The average Bonchev–Trinajstić information content (AvgIpc) is 2.43. The number of benzene rings is 2. The fraction of sp³-hybridized carbons (Fsp3) is 0.188. The molecule has 0 aromatic heterocycles. The van der Waals surface area contributed by atoms with E-state index in [2.05, 4.69) is 33.4 Å². The van der Waals surface area contributed by atoms with E-state index in [1.807, 2.05) is 24.3 Å². The van der Waals surface area contributed by atoms with Crippen molar-refractivity contribution in [1.82, 2.24) is 0 Å². The highest BCUT2D eigenvalue weighted by Crippen LogP contribution is 2.23. The first-order valence-corrected chi connectivity index (χ1v) is 7.33. The number of carbonyl (C=O) groups excluding carboxylic acids is 1. The molecule has 1 amide bonds. The molecule has 0 heterocycles. The topological polar surface area (TPSA) is 55.1 Å². The lowest BCUT2D eigenvalue weighted by Gasteiger charge is -2.08. The van der Waals surface area contributed by atoms with Crippen LogP contribution in [0.4, 0.5) is 11.4 Å². The summed E-state index contributed by atoms with van der Waals surface area (Å²) < 4.78 is 0.900. The minimum atomic E-state index is -0.00467. The van der Waals surface area contributed by atoms with Crippen molar-refractivity contribution in [3.8, 4) is 0 Å². The van der Waals surface area contributed by atoms with E-state index in [9.17, 15) is 4.79 Å². The molecule has 4 heteroatoms. The molecule has 0 fully saturated rings. The second-order valence-corrected chi connectivity index (χ2v) is 5.53. The Labute approximate surface area is 127 Å². The molecule has 0 saturated heterocycles. The van der Waals surface area contributed by atoms with Crippen molar-refractivity contribution in [3.63, 3.8) is 0 Å². The number of anilines is 2. The Balaban J connectivity index is 1.81. The highest BCUT2D eigenvalue weighted by molar-refractivity contribution is 9.10. The van der Waals surface area contributed by atoms with Gasteiger partial charge in [0.1, 0.15) is 0 Å². The molecule has 2 rings (SSSR count). The molecule has 3 N–H and O–H groups in total. The maximum Gasteiger partial charge on any atom is 0.224 e. The van der Waals surface area contributed by atoms with Gasteiger partial charge >= 0.3 is 0 Å². The molecule has 0 aliphatic carbocycles. The van der Waals surface area contributed by atoms with Crippen LogP contribution in [-0.4, -0.2) is 5.91 Å². The quantitative estimate of drug-likeness (QED) is 0.813. The highest BCUT2D eigenvalue weighted by Gasteiger charge is 2.05. The second-order valence-electron chi connectivity index (χ2n) is 4.62. The largest absolute Gasteiger partial charge is 0.397 e. The van der Waals surface area contributed by atoms with Gasteiger partial charge in [-0.05, 0) is 36.6 Å². The predicted molar refractivity (Wildman–Crippen MR) is 86.6 cm³/mol. The number of nitrogens with one attached hydrogen (secondary N) is 1. The smallest absolute Gasteiger partial charge is 0.224 e. The number of nitrogens with two attached hydrogens (primary N) is 1. The summed E-state index contributed by atoms with van der Waals surface area (Å²) in [5, 5.41) is 2.84. The molecule has 0 radical (unpaired) electrons.